The van der Waals surface area contributed by atoms with E-state index in [0.717, 1.165) is 11.1 Å². The van der Waals surface area contributed by atoms with Crippen molar-refractivity contribution in [3.63, 3.8) is 0 Å². The maximum atomic E-state index is 13.3. The number of methoxy groups -OCH3 is 1. The van der Waals surface area contributed by atoms with E-state index >= 15 is 0 Å². The van der Waals surface area contributed by atoms with Crippen LogP contribution in [0.2, 0.25) is 0 Å². The van der Waals surface area contributed by atoms with E-state index in [1.807, 2.05) is 61.5 Å². The van der Waals surface area contributed by atoms with Gasteiger partial charge in [0.25, 0.3) is 0 Å². The van der Waals surface area contributed by atoms with Crippen molar-refractivity contribution in [3.05, 3.63) is 124 Å². The van der Waals surface area contributed by atoms with E-state index in [1.165, 1.54) is 24.9 Å². The van der Waals surface area contributed by atoms with Crippen molar-refractivity contribution >= 4 is 29.3 Å². The van der Waals surface area contributed by atoms with Crippen molar-refractivity contribution < 1.29 is 23.8 Å². The average Bonchev–Trinajstić information content (AvgIpc) is 3.01. The van der Waals surface area contributed by atoms with Crippen molar-refractivity contribution in [1.82, 2.24) is 5.32 Å². The summed E-state index contributed by atoms with van der Waals surface area (Å²) >= 11 is 1.19. The molecule has 1 atom stereocenters. The molecule has 0 aromatic heterocycles. The molecular weight excluding hydrogens is 562 g/mol. The standard InChI is InChI=1S/C34H33N3O5S/c1-5-16-41-34(39)31-23(3)36-33(43-21-30(38)37-26-13-9-10-22(2)17-26)27(19-35)32(31)25-14-15-28(29(18-25)40-4)42-20-24-11-7-6-8-12-24/h5-15,17-18,32,36H,1,16,20-21H2,2-4H3,(H,37,38)/t32-/m1/s1. The number of nitriles is 1. The zero-order valence-corrected chi connectivity index (χ0v) is 25.1. The Balaban J connectivity index is 1.65. The number of carbonyl (C=O) groups excluding carboxylic acids is 2. The number of anilines is 1. The van der Waals surface area contributed by atoms with Crippen molar-refractivity contribution in [1.29, 1.82) is 5.26 Å². The van der Waals surface area contributed by atoms with Gasteiger partial charge in [-0.2, -0.15) is 5.26 Å². The first-order valence-corrected chi connectivity index (χ1v) is 14.6. The Morgan fingerprint density at radius 3 is 2.56 bits per heavy atom. The van der Waals surface area contributed by atoms with Crippen molar-refractivity contribution in [2.45, 2.75) is 26.4 Å². The summed E-state index contributed by atoms with van der Waals surface area (Å²) in [5.41, 5.74) is 4.44. The molecule has 0 spiro atoms. The molecular formula is C34H33N3O5S. The van der Waals surface area contributed by atoms with Gasteiger partial charge in [-0.3, -0.25) is 4.79 Å². The smallest absolute Gasteiger partial charge is 0.337 e. The first-order chi connectivity index (χ1) is 20.8. The highest BCUT2D eigenvalue weighted by atomic mass is 32.2. The molecule has 3 aromatic carbocycles. The maximum absolute atomic E-state index is 13.3. The number of hydrogen-bond donors (Lipinski definition) is 2. The average molecular weight is 596 g/mol. The molecule has 3 aromatic rings. The fraction of sp³-hybridized carbons (Fsp3) is 0.206. The van der Waals surface area contributed by atoms with E-state index in [4.69, 9.17) is 14.2 Å². The van der Waals surface area contributed by atoms with E-state index in [2.05, 4.69) is 23.3 Å². The summed E-state index contributed by atoms with van der Waals surface area (Å²) < 4.78 is 17.1. The number of amides is 1. The Bertz CT molecular complexity index is 1610. The molecule has 1 heterocycles. The Morgan fingerprint density at radius 1 is 1.07 bits per heavy atom. The topological polar surface area (TPSA) is 110 Å². The van der Waals surface area contributed by atoms with Gasteiger partial charge in [0.1, 0.15) is 13.2 Å². The molecule has 4 rings (SSSR count). The monoisotopic (exact) mass is 595 g/mol. The summed E-state index contributed by atoms with van der Waals surface area (Å²) in [5.74, 6) is -0.556. The van der Waals surface area contributed by atoms with Gasteiger partial charge in [-0.1, -0.05) is 72.9 Å². The number of hydrogen-bond acceptors (Lipinski definition) is 8. The molecule has 0 fully saturated rings. The SMILES string of the molecule is C=CCOC(=O)C1=C(C)NC(SCC(=O)Nc2cccc(C)c2)=C(C#N)[C@H]1c1ccc(OCc2ccccc2)c(OC)c1. The van der Waals surface area contributed by atoms with E-state index in [-0.39, 0.29) is 29.4 Å². The van der Waals surface area contributed by atoms with Crippen molar-refractivity contribution in [3.8, 4) is 17.6 Å². The molecule has 0 aliphatic carbocycles. The molecule has 0 saturated carbocycles. The summed E-state index contributed by atoms with van der Waals surface area (Å²) in [6.45, 7) is 7.68. The van der Waals surface area contributed by atoms with Crippen LogP contribution in [0, 0.1) is 18.3 Å². The normalized spacial score (nSPS) is 14.3. The zero-order chi connectivity index (χ0) is 30.8. The van der Waals surface area contributed by atoms with E-state index in [9.17, 15) is 14.9 Å². The van der Waals surface area contributed by atoms with Crippen LogP contribution in [0.15, 0.2) is 107 Å². The quantitative estimate of drug-likeness (QED) is 0.183. The number of rotatable bonds is 12. The number of dihydropyridines is 1. The molecule has 0 saturated heterocycles. The molecule has 0 radical (unpaired) electrons. The second-order valence-corrected chi connectivity index (χ2v) is 10.7. The van der Waals surface area contributed by atoms with Gasteiger partial charge in [0.15, 0.2) is 11.5 Å². The van der Waals surface area contributed by atoms with E-state index < -0.39 is 11.9 Å². The minimum Gasteiger partial charge on any atom is -0.493 e. The van der Waals surface area contributed by atoms with Gasteiger partial charge in [0.05, 0.1) is 41.0 Å². The third-order valence-electron chi connectivity index (χ3n) is 6.61. The van der Waals surface area contributed by atoms with Gasteiger partial charge in [-0.15, -0.1) is 0 Å². The first-order valence-electron chi connectivity index (χ1n) is 13.6. The van der Waals surface area contributed by atoms with Crippen LogP contribution in [-0.2, 0) is 20.9 Å². The molecule has 0 bridgehead atoms. The maximum Gasteiger partial charge on any atom is 0.337 e. The summed E-state index contributed by atoms with van der Waals surface area (Å²) in [6, 6.07) is 24.9. The third kappa shape index (κ3) is 7.87. The predicted molar refractivity (Wildman–Crippen MR) is 168 cm³/mol. The van der Waals surface area contributed by atoms with Crippen LogP contribution < -0.4 is 20.1 Å². The fourth-order valence-corrected chi connectivity index (χ4v) is 5.51. The highest BCUT2D eigenvalue weighted by molar-refractivity contribution is 8.03. The van der Waals surface area contributed by atoms with Crippen molar-refractivity contribution in [2.75, 3.05) is 24.8 Å². The highest BCUT2D eigenvalue weighted by Gasteiger charge is 2.36. The molecule has 220 valence electrons. The molecule has 1 amide bonds. The molecule has 0 unspecified atom stereocenters. The Morgan fingerprint density at radius 2 is 1.86 bits per heavy atom. The number of ether oxygens (including phenoxy) is 3. The second kappa shape index (κ2) is 14.8. The number of aryl methyl sites for hydroxylation is 1. The number of benzene rings is 3. The van der Waals surface area contributed by atoms with Crippen LogP contribution in [-0.4, -0.2) is 31.3 Å². The minimum absolute atomic E-state index is 0.0181. The van der Waals surface area contributed by atoms with Crippen LogP contribution in [0.4, 0.5) is 5.69 Å². The number of carbonyl (C=O) groups is 2. The van der Waals surface area contributed by atoms with Gasteiger partial charge in [-0.25, -0.2) is 4.79 Å². The molecule has 9 heteroatoms. The van der Waals surface area contributed by atoms with E-state index in [1.54, 1.807) is 25.1 Å². The Kier molecular flexibility index (Phi) is 10.7. The van der Waals surface area contributed by atoms with Gasteiger partial charge >= 0.3 is 5.97 Å². The molecule has 8 nitrogen and oxygen atoms in total. The predicted octanol–water partition coefficient (Wildman–Crippen LogP) is 6.38. The minimum atomic E-state index is -0.775. The number of nitrogens with zero attached hydrogens (tertiary/aromatic N) is 1. The van der Waals surface area contributed by atoms with Gasteiger partial charge < -0.3 is 24.8 Å². The first kappa shape index (κ1) is 31.0. The number of esters is 1. The lowest BCUT2D eigenvalue weighted by Crippen LogP contribution is -2.29. The zero-order valence-electron chi connectivity index (χ0n) is 24.3. The Hall–Kier alpha value is -4.94. The van der Waals surface area contributed by atoms with Gasteiger partial charge in [0.2, 0.25) is 5.91 Å². The summed E-state index contributed by atoms with van der Waals surface area (Å²) in [7, 11) is 1.53. The van der Waals surface area contributed by atoms with Crippen molar-refractivity contribution in [2.24, 2.45) is 0 Å². The number of nitrogens with one attached hydrogen (secondary N) is 2. The highest BCUT2D eigenvalue weighted by Crippen LogP contribution is 2.43. The lowest BCUT2D eigenvalue weighted by Gasteiger charge is -2.29. The van der Waals surface area contributed by atoms with Crippen LogP contribution in [0.25, 0.3) is 0 Å². The van der Waals surface area contributed by atoms with Gasteiger partial charge in [-0.05, 0) is 54.8 Å². The van der Waals surface area contributed by atoms with E-state index in [0.29, 0.717) is 40.1 Å². The molecule has 1 aliphatic rings. The largest absolute Gasteiger partial charge is 0.493 e. The summed E-state index contributed by atoms with van der Waals surface area (Å²) in [6.07, 6.45) is 1.48. The fourth-order valence-electron chi connectivity index (χ4n) is 4.62. The summed E-state index contributed by atoms with van der Waals surface area (Å²) in [4.78, 5) is 26.0. The van der Waals surface area contributed by atoms with Crippen LogP contribution in [0.3, 0.4) is 0 Å². The summed E-state index contributed by atoms with van der Waals surface area (Å²) in [5, 5.41) is 16.9. The lowest BCUT2D eigenvalue weighted by atomic mass is 9.82. The van der Waals surface area contributed by atoms with Crippen LogP contribution in [0.1, 0.15) is 29.5 Å². The lowest BCUT2D eigenvalue weighted by molar-refractivity contribution is -0.138. The van der Waals surface area contributed by atoms with Crippen LogP contribution in [0.5, 0.6) is 11.5 Å². The molecule has 43 heavy (non-hydrogen) atoms. The second-order valence-electron chi connectivity index (χ2n) is 9.73. The molecule has 1 aliphatic heterocycles. The number of allylic oxidation sites excluding steroid dienone is 2. The Labute approximate surface area is 256 Å². The van der Waals surface area contributed by atoms with Gasteiger partial charge in [0, 0.05) is 11.4 Å². The third-order valence-corrected chi connectivity index (χ3v) is 7.62. The molecule has 2 N–H and O–H groups in total. The number of thioether (sulfide) groups is 1. The van der Waals surface area contributed by atoms with Crippen LogP contribution >= 0.6 is 11.8 Å².